The highest BCUT2D eigenvalue weighted by Crippen LogP contribution is 2.65. The number of Topliss-reactive ketones (excluding diaryl/α,β-unsaturated/α-hetero) is 1. The Morgan fingerprint density at radius 2 is 1.92 bits per heavy atom. The van der Waals surface area contributed by atoms with Gasteiger partial charge in [-0.2, -0.15) is 0 Å². The number of hydrogen-bond acceptors (Lipinski definition) is 2. The van der Waals surface area contributed by atoms with Crippen molar-refractivity contribution in [2.24, 2.45) is 34.5 Å². The Bertz CT molecular complexity index is 630. The number of carbonyl (C=O) groups excluding carboxylic acids is 1. The summed E-state index contributed by atoms with van der Waals surface area (Å²) in [4.78, 5) is 12.3. The van der Waals surface area contributed by atoms with E-state index in [0.717, 1.165) is 32.1 Å². The molecule has 0 heterocycles. The summed E-state index contributed by atoms with van der Waals surface area (Å²) in [6, 6.07) is 0. The number of aliphatic hydroxyl groups excluding tert-OH is 1. The van der Waals surface area contributed by atoms with Gasteiger partial charge in [-0.3, -0.25) is 4.79 Å². The molecule has 24 heavy (non-hydrogen) atoms. The number of allylic oxidation sites excluding steroid dienone is 3. The second-order valence-corrected chi connectivity index (χ2v) is 9.52. The number of fused-ring (bicyclic) bond motifs is 5. The second kappa shape index (κ2) is 5.30. The van der Waals surface area contributed by atoms with Gasteiger partial charge in [-0.1, -0.05) is 44.1 Å². The maximum Gasteiger partial charge on any atom is 0.134 e. The van der Waals surface area contributed by atoms with Crippen molar-refractivity contribution < 1.29 is 9.90 Å². The fourth-order valence-electron chi connectivity index (χ4n) is 7.15. The van der Waals surface area contributed by atoms with Crippen LogP contribution in [0.25, 0.3) is 0 Å². The van der Waals surface area contributed by atoms with E-state index >= 15 is 0 Å². The van der Waals surface area contributed by atoms with Gasteiger partial charge in [0.15, 0.2) is 0 Å². The number of rotatable bonds is 1. The zero-order valence-corrected chi connectivity index (χ0v) is 15.6. The maximum absolute atomic E-state index is 12.3. The van der Waals surface area contributed by atoms with Crippen LogP contribution >= 0.6 is 0 Å². The van der Waals surface area contributed by atoms with Gasteiger partial charge < -0.3 is 5.11 Å². The normalized spacial score (nSPS) is 50.3. The molecule has 2 fully saturated rings. The minimum absolute atomic E-state index is 0.0856. The summed E-state index contributed by atoms with van der Waals surface area (Å²) in [5.41, 5.74) is 3.46. The van der Waals surface area contributed by atoms with Crippen molar-refractivity contribution in [1.29, 1.82) is 0 Å². The molecule has 0 amide bonds. The molecule has 0 radical (unpaired) electrons. The monoisotopic (exact) mass is 328 g/mol. The van der Waals surface area contributed by atoms with Crippen molar-refractivity contribution in [2.75, 3.05) is 0 Å². The topological polar surface area (TPSA) is 37.3 Å². The predicted molar refractivity (Wildman–Crippen MR) is 96.4 cm³/mol. The van der Waals surface area contributed by atoms with Crippen LogP contribution in [0.1, 0.15) is 66.2 Å². The van der Waals surface area contributed by atoms with Crippen LogP contribution in [-0.2, 0) is 4.79 Å². The highest BCUT2D eigenvalue weighted by atomic mass is 16.3. The molecule has 2 heteroatoms. The first kappa shape index (κ1) is 16.6. The Hall–Kier alpha value is -0.890. The minimum atomic E-state index is -0.137. The van der Waals surface area contributed by atoms with Gasteiger partial charge in [0.2, 0.25) is 0 Å². The zero-order valence-electron chi connectivity index (χ0n) is 15.6. The summed E-state index contributed by atoms with van der Waals surface area (Å²) in [5.74, 6) is 2.24. The summed E-state index contributed by atoms with van der Waals surface area (Å²) in [5, 5.41) is 10.1. The van der Waals surface area contributed by atoms with Crippen LogP contribution in [0, 0.1) is 34.5 Å². The molecule has 0 aromatic heterocycles. The lowest BCUT2D eigenvalue weighted by Crippen LogP contribution is -2.48. The van der Waals surface area contributed by atoms with Crippen LogP contribution in [0.3, 0.4) is 0 Å². The van der Waals surface area contributed by atoms with Crippen LogP contribution in [0.5, 0.6) is 0 Å². The van der Waals surface area contributed by atoms with Crippen LogP contribution in [-0.4, -0.2) is 17.0 Å². The standard InChI is InChI=1S/C22H32O2/c1-13-11-19-17-6-5-15-12-16(24)7-9-21(15,3)18(17)8-10-22(19,4)20(13)14(2)23/h5,11,13,16-18,20,24H,6-10,12H2,1-4H3/t13-,16?,17?,18?,20?,21?,22?/m1/s1. The van der Waals surface area contributed by atoms with Gasteiger partial charge in [-0.25, -0.2) is 0 Å². The summed E-state index contributed by atoms with van der Waals surface area (Å²) in [7, 11) is 0. The van der Waals surface area contributed by atoms with Crippen LogP contribution in [0.2, 0.25) is 0 Å². The molecule has 2 saturated carbocycles. The van der Waals surface area contributed by atoms with Gasteiger partial charge in [0, 0.05) is 5.92 Å². The van der Waals surface area contributed by atoms with E-state index < -0.39 is 0 Å². The Balaban J connectivity index is 1.72. The van der Waals surface area contributed by atoms with Crippen LogP contribution in [0.15, 0.2) is 23.3 Å². The van der Waals surface area contributed by atoms with E-state index in [1.165, 1.54) is 12.0 Å². The summed E-state index contributed by atoms with van der Waals surface area (Å²) < 4.78 is 0. The molecule has 0 aliphatic heterocycles. The van der Waals surface area contributed by atoms with Crippen molar-refractivity contribution >= 4 is 5.78 Å². The number of aliphatic hydroxyl groups is 1. The minimum Gasteiger partial charge on any atom is -0.393 e. The van der Waals surface area contributed by atoms with E-state index in [1.807, 2.05) is 0 Å². The van der Waals surface area contributed by atoms with Crippen molar-refractivity contribution in [3.63, 3.8) is 0 Å². The predicted octanol–water partition coefficient (Wildman–Crippen LogP) is 4.68. The molecule has 2 nitrogen and oxygen atoms in total. The fourth-order valence-corrected chi connectivity index (χ4v) is 7.15. The third-order valence-electron chi connectivity index (χ3n) is 8.23. The van der Waals surface area contributed by atoms with E-state index in [4.69, 9.17) is 0 Å². The average molecular weight is 328 g/mol. The van der Waals surface area contributed by atoms with Crippen molar-refractivity contribution in [3.05, 3.63) is 23.3 Å². The van der Waals surface area contributed by atoms with E-state index in [9.17, 15) is 9.90 Å². The van der Waals surface area contributed by atoms with Gasteiger partial charge in [-0.05, 0) is 74.0 Å². The first-order valence-corrected chi connectivity index (χ1v) is 9.87. The summed E-state index contributed by atoms with van der Waals surface area (Å²) in [6.07, 6.45) is 11.2. The van der Waals surface area contributed by atoms with Crippen molar-refractivity contribution in [2.45, 2.75) is 72.3 Å². The summed E-state index contributed by atoms with van der Waals surface area (Å²) >= 11 is 0. The number of hydrogen-bond donors (Lipinski definition) is 1. The molecule has 4 rings (SSSR count). The van der Waals surface area contributed by atoms with Crippen molar-refractivity contribution in [1.82, 2.24) is 0 Å². The first-order chi connectivity index (χ1) is 11.3. The highest BCUT2D eigenvalue weighted by molar-refractivity contribution is 5.81. The first-order valence-electron chi connectivity index (χ1n) is 9.87. The smallest absolute Gasteiger partial charge is 0.134 e. The van der Waals surface area contributed by atoms with Gasteiger partial charge in [0.1, 0.15) is 5.78 Å². The molecule has 4 aliphatic carbocycles. The molecule has 0 aromatic rings. The van der Waals surface area contributed by atoms with Gasteiger partial charge in [0.25, 0.3) is 0 Å². The SMILES string of the molecule is CC(=O)C1[C@H](C)C=C2C3CC=C4CC(O)CCC4(C)C3CCC21C. The fraction of sp³-hybridized carbons (Fsp3) is 0.773. The molecule has 0 bridgehead atoms. The van der Waals surface area contributed by atoms with Crippen molar-refractivity contribution in [3.8, 4) is 0 Å². The Morgan fingerprint density at radius 3 is 2.62 bits per heavy atom. The highest BCUT2D eigenvalue weighted by Gasteiger charge is 2.57. The molecule has 1 N–H and O–H groups in total. The third kappa shape index (κ3) is 2.08. The second-order valence-electron chi connectivity index (χ2n) is 9.52. The third-order valence-corrected chi connectivity index (χ3v) is 8.23. The van der Waals surface area contributed by atoms with E-state index in [0.29, 0.717) is 23.5 Å². The molecular formula is C22H32O2. The average Bonchev–Trinajstić information content (AvgIpc) is 2.78. The molecule has 0 spiro atoms. The molecule has 0 saturated heterocycles. The van der Waals surface area contributed by atoms with Crippen LogP contribution in [0.4, 0.5) is 0 Å². The van der Waals surface area contributed by atoms with Gasteiger partial charge >= 0.3 is 0 Å². The van der Waals surface area contributed by atoms with E-state index in [-0.39, 0.29) is 22.9 Å². The molecule has 7 atom stereocenters. The van der Waals surface area contributed by atoms with Crippen LogP contribution < -0.4 is 0 Å². The molecule has 132 valence electrons. The molecule has 0 aromatic carbocycles. The number of carbonyl (C=O) groups is 1. The Morgan fingerprint density at radius 1 is 1.21 bits per heavy atom. The number of ketones is 1. The van der Waals surface area contributed by atoms with E-state index in [2.05, 4.69) is 32.9 Å². The lowest BCUT2D eigenvalue weighted by molar-refractivity contribution is -0.125. The summed E-state index contributed by atoms with van der Waals surface area (Å²) in [6.45, 7) is 8.83. The molecule has 6 unspecified atom stereocenters. The largest absolute Gasteiger partial charge is 0.393 e. The molecule has 4 aliphatic rings. The molecular weight excluding hydrogens is 296 g/mol. The zero-order chi connectivity index (χ0) is 17.3. The lowest BCUT2D eigenvalue weighted by Gasteiger charge is -2.56. The van der Waals surface area contributed by atoms with Gasteiger partial charge in [0.05, 0.1) is 6.10 Å². The Kier molecular flexibility index (Phi) is 3.66. The maximum atomic E-state index is 12.3. The lowest BCUT2D eigenvalue weighted by atomic mass is 9.48. The van der Waals surface area contributed by atoms with E-state index in [1.54, 1.807) is 12.5 Å². The van der Waals surface area contributed by atoms with Gasteiger partial charge in [-0.15, -0.1) is 0 Å². The Labute approximate surface area is 146 Å². The quantitative estimate of drug-likeness (QED) is 0.710.